The molecule has 0 radical (unpaired) electrons. The average molecular weight is 2210 g/mol. The second kappa shape index (κ2) is 57.8. The minimum Gasteiger partial charge on any atom is -0.753 e. The van der Waals surface area contributed by atoms with Gasteiger partial charge < -0.3 is 50.2 Å². The molecule has 16 heterocycles. The first-order chi connectivity index (χ1) is 67.0. The van der Waals surface area contributed by atoms with Gasteiger partial charge in [0.15, 0.2) is 0 Å². The van der Waals surface area contributed by atoms with Gasteiger partial charge in [-0.05, 0) is 229 Å². The number of aryl methyl sites for hydroxylation is 5. The Hall–Kier alpha value is -11.9. The number of aromatic nitrogens is 12. The van der Waals surface area contributed by atoms with E-state index in [1.165, 1.54) is 163 Å². The van der Waals surface area contributed by atoms with Crippen LogP contribution in [-0.2, 0) is 96.2 Å². The first kappa shape index (κ1) is 112. The molecule has 0 aromatic carbocycles. The predicted octanol–water partition coefficient (Wildman–Crippen LogP) is 28.9. The molecule has 0 bridgehead atoms. The van der Waals surface area contributed by atoms with Gasteiger partial charge >= 0.3 is 51.3 Å². The van der Waals surface area contributed by atoms with Crippen LogP contribution in [-0.4, -0.2) is 86.3 Å². The van der Waals surface area contributed by atoms with Crippen molar-refractivity contribution in [3.63, 3.8) is 0 Å². The second-order valence-electron chi connectivity index (χ2n) is 30.7. The summed E-state index contributed by atoms with van der Waals surface area (Å²) in [7, 11) is 0. The van der Waals surface area contributed by atoms with Crippen molar-refractivity contribution in [3.05, 3.63) is 259 Å². The van der Waals surface area contributed by atoms with Crippen LogP contribution in [0.1, 0.15) is 161 Å². The van der Waals surface area contributed by atoms with Crippen LogP contribution in [0, 0.1) is 6.92 Å². The third-order valence-corrected chi connectivity index (χ3v) is 27.5. The molecule has 16 aromatic rings. The quantitative estimate of drug-likeness (QED) is 0.00863. The molecular weight excluding hydrogens is 2120 g/mol. The standard InChI is InChI=1S/C32H29N3O4S2.C31H27N3O4S2.C19H19F3N3S.C18H17F3N3S.2CNS.2Ru/c1-3-4-5-6-7-23-12-21(2)41-32(23)31-14-24(18-40-31)22-8-10-33-27(13-22)29-16-26(39-20-37)17-30(35-29)28-15-25(38-19-36)9-11-34-28;1-2-3-4-5-7-24-18-25(31(40-24)30-8-6-13-39-30)21-9-11-32-26(14-21)28-16-23(38-20-36)17-29(34-28)27-15-22(37-19-35)10-12-33-27;1-2-3-4-5-6-13-8-10-26-18(13)14-7-9-23-15(11-14)16-12-17(25-24-16)19(20,21)22;1-2-3-4-5-13-6-7-16(25-13)12-8-9-22-14(10-12)15-11-17(24-23-15)18(19,20)21;2*2-1-3;;/h8-20H,3-7H2,1-2H3;6,8-20H,2-5,7H2,1H3;7-12H,2-6H2,1H3;6-11H,2-5H2,1H3;;;;/q;;4*-1;2*+2. The van der Waals surface area contributed by atoms with E-state index in [-0.39, 0.29) is 50.3 Å². The van der Waals surface area contributed by atoms with Crippen molar-refractivity contribution in [2.75, 3.05) is 0 Å². The van der Waals surface area contributed by atoms with Crippen LogP contribution in [0.5, 0.6) is 23.0 Å². The molecule has 0 aliphatic carbocycles. The normalized spacial score (nSPS) is 10.7. The van der Waals surface area contributed by atoms with Gasteiger partial charge in [-0.1, -0.05) is 140 Å². The van der Waals surface area contributed by atoms with E-state index in [0.29, 0.717) is 106 Å². The zero-order chi connectivity index (χ0) is 98.2. The Labute approximate surface area is 866 Å². The number of isothiocyanates is 2. The Bertz CT molecular complexity index is 6690. The van der Waals surface area contributed by atoms with Crippen LogP contribution in [0.3, 0.4) is 0 Å². The number of hydrogen-bond donors (Lipinski definition) is 0. The number of hydrogen-bond acceptors (Lipinski definition) is 26. The van der Waals surface area contributed by atoms with Crippen LogP contribution < -0.4 is 29.1 Å². The SMILES string of the molecule is CCCCCCc1cc(-c2ccnc(-c3cc(OC=O)cc(-c4cc(OC=O)ccn4)n3)c2)c(-c2cccs2)s1.CCCCCCc1cc(C)sc1-c1cc(-c2ccnc(-c3cc(OC=O)cc(-c4cc(OC=O)ccn4)n3)c2)cs1.CCCCCCc1ccsc1-c1ccnc(-c2cc(C(F)(F)F)n[n-]2)c1.CCCCCc1ccc(-c2ccnc(-c3cc(C(F)(F)F)n[n-]3)c2)s1.[N-]=C=S.[N-]=C=S.[Ru+2].[Ru+2]. The summed E-state index contributed by atoms with van der Waals surface area (Å²) >= 11 is 17.9. The molecule has 16 rings (SSSR count). The van der Waals surface area contributed by atoms with Crippen LogP contribution >= 0.6 is 92.5 Å². The number of pyridine rings is 8. The number of rotatable bonds is 39. The Morgan fingerprint density at radius 1 is 0.371 bits per heavy atom. The summed E-state index contributed by atoms with van der Waals surface area (Å²) in [6.45, 7) is 12.4. The smallest absolute Gasteiger partial charge is 0.753 e. The number of halogens is 6. The molecule has 16 aromatic heterocycles. The largest absolute Gasteiger partial charge is 2.00 e. The van der Waals surface area contributed by atoms with Gasteiger partial charge in [-0.2, -0.15) is 36.7 Å². The maximum absolute atomic E-state index is 12.7. The molecule has 0 fully saturated rings. The molecule has 0 unspecified atom stereocenters. The van der Waals surface area contributed by atoms with Gasteiger partial charge in [-0.15, -0.1) is 68.0 Å². The minimum absolute atomic E-state index is 0. The molecular formula is C102H92F6N14O8Ru2S8. The fourth-order valence-corrected chi connectivity index (χ4v) is 20.6. The van der Waals surface area contributed by atoms with Crippen molar-refractivity contribution < 1.29 is 103 Å². The van der Waals surface area contributed by atoms with E-state index < -0.39 is 23.7 Å². The summed E-state index contributed by atoms with van der Waals surface area (Å²) in [6.07, 6.45) is 23.2. The van der Waals surface area contributed by atoms with Crippen molar-refractivity contribution in [2.45, 2.75) is 169 Å². The van der Waals surface area contributed by atoms with Gasteiger partial charge in [-0.3, -0.25) is 49.1 Å². The van der Waals surface area contributed by atoms with E-state index in [9.17, 15) is 45.5 Å². The fourth-order valence-electron chi connectivity index (χ4n) is 14.3. The maximum Gasteiger partial charge on any atom is 2.00 e. The molecule has 0 amide bonds. The van der Waals surface area contributed by atoms with E-state index in [4.69, 9.17) is 39.7 Å². The summed E-state index contributed by atoms with van der Waals surface area (Å²) in [5, 5.41) is 36.9. The molecule has 0 N–H and O–H groups in total. The summed E-state index contributed by atoms with van der Waals surface area (Å²) in [6, 6.07) is 47.4. The molecule has 0 spiro atoms. The van der Waals surface area contributed by atoms with E-state index in [0.717, 1.165) is 81.8 Å². The Morgan fingerprint density at radius 3 is 1.30 bits per heavy atom. The molecule has 0 atom stereocenters. The van der Waals surface area contributed by atoms with E-state index in [1.54, 1.807) is 131 Å². The third-order valence-electron chi connectivity index (χ3n) is 20.9. The number of nitrogens with zero attached hydrogens (tertiary/aromatic N) is 14. The van der Waals surface area contributed by atoms with Crippen molar-refractivity contribution >= 4 is 129 Å². The summed E-state index contributed by atoms with van der Waals surface area (Å²) in [5.74, 6) is 1.26. The van der Waals surface area contributed by atoms with Crippen molar-refractivity contribution in [3.8, 4) is 154 Å². The van der Waals surface area contributed by atoms with Crippen molar-refractivity contribution in [1.82, 2.24) is 60.3 Å². The number of carbonyl (C=O) groups excluding carboxylic acids is 4. The molecule has 724 valence electrons. The first-order valence-corrected chi connectivity index (χ1v) is 49.9. The van der Waals surface area contributed by atoms with Crippen LogP contribution in [0.2, 0.25) is 0 Å². The molecule has 140 heavy (non-hydrogen) atoms. The number of ether oxygens (including phenoxy) is 4. The maximum atomic E-state index is 12.7. The summed E-state index contributed by atoms with van der Waals surface area (Å²) < 4.78 is 96.5. The van der Waals surface area contributed by atoms with E-state index in [1.807, 2.05) is 65.1 Å². The van der Waals surface area contributed by atoms with Gasteiger partial charge in [0.2, 0.25) is 0 Å². The van der Waals surface area contributed by atoms with Crippen LogP contribution in [0.15, 0.2) is 211 Å². The minimum atomic E-state index is -4.50. The Kier molecular flexibility index (Phi) is 46.1. The number of alkyl halides is 6. The van der Waals surface area contributed by atoms with Gasteiger partial charge in [0.1, 0.15) is 34.4 Å². The molecule has 0 saturated carbocycles. The first-order valence-electron chi connectivity index (χ1n) is 44.0. The second-order valence-corrected chi connectivity index (χ2v) is 37.4. The number of carbonyl (C=O) groups is 4. The molecule has 0 saturated heterocycles. The van der Waals surface area contributed by atoms with Gasteiger partial charge in [0.25, 0.3) is 25.9 Å². The summed E-state index contributed by atoms with van der Waals surface area (Å²) in [4.78, 5) is 90.9. The zero-order valence-electron chi connectivity index (χ0n) is 76.2. The van der Waals surface area contributed by atoms with Crippen molar-refractivity contribution in [1.29, 1.82) is 0 Å². The van der Waals surface area contributed by atoms with Gasteiger partial charge in [0.05, 0.1) is 61.8 Å². The average Bonchev–Trinajstić information content (AvgIpc) is 1.66. The van der Waals surface area contributed by atoms with Crippen LogP contribution in [0.4, 0.5) is 26.3 Å². The molecule has 22 nitrogen and oxygen atoms in total. The Balaban J connectivity index is 0.000000208. The number of thiocarbonyl (C=S) groups is 2. The molecule has 0 aliphatic rings. The topological polar surface area (TPSA) is 307 Å². The Morgan fingerprint density at radius 2 is 0.800 bits per heavy atom. The third kappa shape index (κ3) is 33.1. The van der Waals surface area contributed by atoms with Crippen LogP contribution in [0.25, 0.3) is 142 Å². The van der Waals surface area contributed by atoms with E-state index >= 15 is 0 Å². The number of thiophene rings is 6. The van der Waals surface area contributed by atoms with Crippen molar-refractivity contribution in [2.24, 2.45) is 0 Å². The fraction of sp³-hybridized carbons (Fsp3) is 0.255. The zero-order valence-corrected chi connectivity index (χ0v) is 86.2. The number of unbranched alkanes of at least 4 members (excludes halogenated alkanes) is 11. The summed E-state index contributed by atoms with van der Waals surface area (Å²) in [5.41, 5.74) is 12.1. The van der Waals surface area contributed by atoms with Gasteiger partial charge in [0, 0.05) is 118 Å². The molecule has 38 heteroatoms. The van der Waals surface area contributed by atoms with Gasteiger partial charge in [-0.25, -0.2) is 9.97 Å². The molecule has 0 aliphatic heterocycles. The van der Waals surface area contributed by atoms with E-state index in [2.05, 4.69) is 168 Å². The predicted molar refractivity (Wildman–Crippen MR) is 543 cm³/mol. The monoisotopic (exact) mass is 2210 g/mol.